The molecule has 0 atom stereocenters. The Labute approximate surface area is 126 Å². The number of carbonyl (C=O) groups is 1. The summed E-state index contributed by atoms with van der Waals surface area (Å²) in [6.07, 6.45) is 5.46. The molecule has 1 aromatic rings. The standard InChI is InChI=1S/C17H25NO3/c1-12(2)9-10-18(14-5-3-4-6-14)17(21)13-7-8-15(19)16(20)11-13/h7-8,11-12,14,19-20H,3-6,9-10H2,1-2H3. The summed E-state index contributed by atoms with van der Waals surface area (Å²) in [6.45, 7) is 5.07. The minimum absolute atomic E-state index is 0.0437. The number of hydrogen-bond acceptors (Lipinski definition) is 3. The minimum atomic E-state index is -0.240. The molecular formula is C17H25NO3. The van der Waals surface area contributed by atoms with Crippen LogP contribution in [0.25, 0.3) is 0 Å². The molecular weight excluding hydrogens is 266 g/mol. The lowest BCUT2D eigenvalue weighted by Crippen LogP contribution is -2.40. The van der Waals surface area contributed by atoms with E-state index in [1.54, 1.807) is 6.07 Å². The lowest BCUT2D eigenvalue weighted by molar-refractivity contribution is 0.0671. The number of carbonyl (C=O) groups excluding carboxylic acids is 1. The highest BCUT2D eigenvalue weighted by atomic mass is 16.3. The van der Waals surface area contributed by atoms with Crippen LogP contribution in [0.1, 0.15) is 56.3 Å². The molecule has 1 aliphatic carbocycles. The van der Waals surface area contributed by atoms with Gasteiger partial charge in [-0.05, 0) is 43.4 Å². The zero-order valence-electron chi connectivity index (χ0n) is 12.9. The first kappa shape index (κ1) is 15.7. The molecule has 0 heterocycles. The molecule has 0 aromatic heterocycles. The highest BCUT2D eigenvalue weighted by Crippen LogP contribution is 2.29. The van der Waals surface area contributed by atoms with Gasteiger partial charge < -0.3 is 15.1 Å². The number of phenols is 2. The average Bonchev–Trinajstić information content (AvgIpc) is 2.95. The number of hydrogen-bond donors (Lipinski definition) is 2. The molecule has 2 N–H and O–H groups in total. The van der Waals surface area contributed by atoms with Crippen molar-refractivity contribution in [2.75, 3.05) is 6.54 Å². The Bertz CT molecular complexity index is 493. The van der Waals surface area contributed by atoms with E-state index in [2.05, 4.69) is 13.8 Å². The molecule has 1 amide bonds. The maximum Gasteiger partial charge on any atom is 0.254 e. The van der Waals surface area contributed by atoms with E-state index in [9.17, 15) is 15.0 Å². The molecule has 0 unspecified atom stereocenters. The highest BCUT2D eigenvalue weighted by Gasteiger charge is 2.27. The predicted molar refractivity (Wildman–Crippen MR) is 82.5 cm³/mol. The fourth-order valence-corrected chi connectivity index (χ4v) is 2.89. The van der Waals surface area contributed by atoms with Crippen molar-refractivity contribution in [1.29, 1.82) is 0 Å². The van der Waals surface area contributed by atoms with Gasteiger partial charge in [0.1, 0.15) is 0 Å². The van der Waals surface area contributed by atoms with Crippen LogP contribution in [0.15, 0.2) is 18.2 Å². The van der Waals surface area contributed by atoms with Gasteiger partial charge in [-0.3, -0.25) is 4.79 Å². The fraction of sp³-hybridized carbons (Fsp3) is 0.588. The molecule has 2 rings (SSSR count). The number of rotatable bonds is 5. The predicted octanol–water partition coefficient (Wildman–Crippen LogP) is 3.53. The van der Waals surface area contributed by atoms with Gasteiger partial charge in [0.05, 0.1) is 0 Å². The van der Waals surface area contributed by atoms with Crippen LogP contribution in [-0.2, 0) is 0 Å². The van der Waals surface area contributed by atoms with Crippen LogP contribution in [0.4, 0.5) is 0 Å². The Kier molecular flexibility index (Phi) is 5.10. The van der Waals surface area contributed by atoms with E-state index in [1.165, 1.54) is 25.0 Å². The van der Waals surface area contributed by atoms with Gasteiger partial charge in [0.15, 0.2) is 11.5 Å². The van der Waals surface area contributed by atoms with E-state index in [1.807, 2.05) is 4.90 Å². The van der Waals surface area contributed by atoms with Gasteiger partial charge in [-0.15, -0.1) is 0 Å². The molecule has 0 radical (unpaired) electrons. The van der Waals surface area contributed by atoms with Crippen molar-refractivity contribution >= 4 is 5.91 Å². The number of benzene rings is 1. The van der Waals surface area contributed by atoms with E-state index in [-0.39, 0.29) is 17.4 Å². The molecule has 4 nitrogen and oxygen atoms in total. The summed E-state index contributed by atoms with van der Waals surface area (Å²) in [5.74, 6) is 0.0741. The summed E-state index contributed by atoms with van der Waals surface area (Å²) in [5.41, 5.74) is 0.445. The van der Waals surface area contributed by atoms with Crippen LogP contribution in [0, 0.1) is 5.92 Å². The normalized spacial score (nSPS) is 15.6. The third-order valence-corrected chi connectivity index (χ3v) is 4.20. The van der Waals surface area contributed by atoms with Crippen molar-refractivity contribution in [3.8, 4) is 11.5 Å². The summed E-state index contributed by atoms with van der Waals surface area (Å²) >= 11 is 0. The van der Waals surface area contributed by atoms with Crippen LogP contribution in [0.3, 0.4) is 0 Å². The van der Waals surface area contributed by atoms with Crippen LogP contribution in [-0.4, -0.2) is 33.6 Å². The Balaban J connectivity index is 2.17. The molecule has 21 heavy (non-hydrogen) atoms. The molecule has 1 aliphatic rings. The van der Waals surface area contributed by atoms with Gasteiger partial charge in [-0.2, -0.15) is 0 Å². The van der Waals surface area contributed by atoms with E-state index in [4.69, 9.17) is 0 Å². The van der Waals surface area contributed by atoms with Crippen molar-refractivity contribution in [2.24, 2.45) is 5.92 Å². The first-order valence-corrected chi connectivity index (χ1v) is 7.82. The van der Waals surface area contributed by atoms with Gasteiger partial charge in [-0.25, -0.2) is 0 Å². The molecule has 0 bridgehead atoms. The van der Waals surface area contributed by atoms with E-state index in [0.717, 1.165) is 25.8 Å². The Morgan fingerprint density at radius 1 is 1.24 bits per heavy atom. The van der Waals surface area contributed by atoms with E-state index >= 15 is 0 Å². The van der Waals surface area contributed by atoms with Gasteiger partial charge in [0.2, 0.25) is 0 Å². The van der Waals surface area contributed by atoms with E-state index < -0.39 is 0 Å². The summed E-state index contributed by atoms with van der Waals surface area (Å²) in [6, 6.07) is 4.62. The minimum Gasteiger partial charge on any atom is -0.504 e. The third kappa shape index (κ3) is 3.90. The molecule has 0 aliphatic heterocycles. The average molecular weight is 291 g/mol. The van der Waals surface area contributed by atoms with Crippen LogP contribution in [0.2, 0.25) is 0 Å². The maximum absolute atomic E-state index is 12.7. The van der Waals surface area contributed by atoms with Crippen LogP contribution < -0.4 is 0 Å². The summed E-state index contributed by atoms with van der Waals surface area (Å²) < 4.78 is 0. The fourth-order valence-electron chi connectivity index (χ4n) is 2.89. The smallest absolute Gasteiger partial charge is 0.254 e. The van der Waals surface area contributed by atoms with Gasteiger partial charge in [0, 0.05) is 18.2 Å². The maximum atomic E-state index is 12.7. The molecule has 116 valence electrons. The number of aromatic hydroxyl groups is 2. The molecule has 4 heteroatoms. The molecule has 0 spiro atoms. The highest BCUT2D eigenvalue weighted by molar-refractivity contribution is 5.95. The monoisotopic (exact) mass is 291 g/mol. The van der Waals surface area contributed by atoms with Crippen LogP contribution >= 0.6 is 0 Å². The van der Waals surface area contributed by atoms with Gasteiger partial charge in [0.25, 0.3) is 5.91 Å². The Hall–Kier alpha value is -1.71. The quantitative estimate of drug-likeness (QED) is 0.816. The molecule has 1 saturated carbocycles. The summed E-state index contributed by atoms with van der Waals surface area (Å²) in [7, 11) is 0. The number of phenolic OH excluding ortho intramolecular Hbond substituents is 2. The van der Waals surface area contributed by atoms with Crippen molar-refractivity contribution < 1.29 is 15.0 Å². The van der Waals surface area contributed by atoms with Crippen molar-refractivity contribution in [1.82, 2.24) is 4.90 Å². The van der Waals surface area contributed by atoms with E-state index in [0.29, 0.717) is 17.5 Å². The SMILES string of the molecule is CC(C)CCN(C(=O)c1ccc(O)c(O)c1)C1CCCC1. The molecule has 1 fully saturated rings. The number of nitrogens with zero attached hydrogens (tertiary/aromatic N) is 1. The van der Waals surface area contributed by atoms with Crippen molar-refractivity contribution in [3.63, 3.8) is 0 Å². The second kappa shape index (κ2) is 6.83. The Morgan fingerprint density at radius 3 is 2.48 bits per heavy atom. The Morgan fingerprint density at radius 2 is 1.90 bits per heavy atom. The van der Waals surface area contributed by atoms with Crippen LogP contribution in [0.5, 0.6) is 11.5 Å². The zero-order chi connectivity index (χ0) is 15.4. The zero-order valence-corrected chi connectivity index (χ0v) is 12.9. The largest absolute Gasteiger partial charge is 0.504 e. The second-order valence-corrected chi connectivity index (χ2v) is 6.32. The third-order valence-electron chi connectivity index (χ3n) is 4.20. The summed E-state index contributed by atoms with van der Waals surface area (Å²) in [4.78, 5) is 14.7. The molecule has 0 saturated heterocycles. The first-order chi connectivity index (χ1) is 9.99. The lowest BCUT2D eigenvalue weighted by atomic mass is 10.1. The van der Waals surface area contributed by atoms with Gasteiger partial charge >= 0.3 is 0 Å². The first-order valence-electron chi connectivity index (χ1n) is 7.82. The van der Waals surface area contributed by atoms with Gasteiger partial charge in [-0.1, -0.05) is 26.7 Å². The number of amides is 1. The molecule has 1 aromatic carbocycles. The second-order valence-electron chi connectivity index (χ2n) is 6.32. The topological polar surface area (TPSA) is 60.8 Å². The lowest BCUT2D eigenvalue weighted by Gasteiger charge is -2.30. The summed E-state index contributed by atoms with van der Waals surface area (Å²) in [5, 5.41) is 19.0. The van der Waals surface area contributed by atoms with Crippen molar-refractivity contribution in [2.45, 2.75) is 52.0 Å². The van der Waals surface area contributed by atoms with Crippen molar-refractivity contribution in [3.05, 3.63) is 23.8 Å².